The molecule has 0 aliphatic heterocycles. The first kappa shape index (κ1) is 15.0. The number of Topliss-reactive ketones (excluding diaryl/α,β-unsaturated/α-hetero) is 1. The average molecular weight is 278 g/mol. The van der Waals surface area contributed by atoms with E-state index in [1.807, 2.05) is 36.4 Å². The second-order valence-electron chi connectivity index (χ2n) is 4.89. The molecule has 0 heterocycles. The molecule has 0 bridgehead atoms. The molecule has 0 spiro atoms. The van der Waals surface area contributed by atoms with Gasteiger partial charge in [0.25, 0.3) is 0 Å². The van der Waals surface area contributed by atoms with E-state index in [1.165, 1.54) is 0 Å². The van der Waals surface area contributed by atoms with E-state index in [2.05, 4.69) is 5.92 Å². The monoisotopic (exact) mass is 278 g/mol. The van der Waals surface area contributed by atoms with Crippen molar-refractivity contribution >= 4 is 5.78 Å². The van der Waals surface area contributed by atoms with Gasteiger partial charge in [-0.2, -0.15) is 0 Å². The zero-order valence-corrected chi connectivity index (χ0v) is 11.8. The van der Waals surface area contributed by atoms with Crippen LogP contribution in [0.15, 0.2) is 54.6 Å². The van der Waals surface area contributed by atoms with Crippen molar-refractivity contribution in [2.45, 2.75) is 25.4 Å². The molecule has 2 aromatic rings. The van der Waals surface area contributed by atoms with Gasteiger partial charge in [-0.15, -0.1) is 12.3 Å². The summed E-state index contributed by atoms with van der Waals surface area (Å²) in [7, 11) is 0. The Balaban J connectivity index is 2.21. The number of hydrogen-bond acceptors (Lipinski definition) is 2. The minimum Gasteiger partial charge on any atom is -0.380 e. The average Bonchev–Trinajstić information content (AvgIpc) is 2.55. The second-order valence-corrected chi connectivity index (χ2v) is 4.89. The van der Waals surface area contributed by atoms with Gasteiger partial charge in [0, 0.05) is 12.0 Å². The highest BCUT2D eigenvalue weighted by atomic mass is 16.3. The number of unbranched alkanes of at least 4 members (excludes halogenated alkanes) is 1. The van der Waals surface area contributed by atoms with Crippen LogP contribution >= 0.6 is 0 Å². The summed E-state index contributed by atoms with van der Waals surface area (Å²) in [5, 5.41) is 10.3. The molecule has 0 saturated carbocycles. The van der Waals surface area contributed by atoms with Gasteiger partial charge >= 0.3 is 0 Å². The molecule has 1 unspecified atom stereocenters. The first-order chi connectivity index (χ1) is 10.2. The standard InChI is InChI=1S/C19H18O2/c1-2-3-5-10-15-11-8-9-14-17(15)19(21)18(20)16-12-6-4-7-13-16/h1,4,6-9,11-14,18,20H,3,5,10H2. The fraction of sp³-hybridized carbons (Fsp3) is 0.211. The van der Waals surface area contributed by atoms with E-state index in [-0.39, 0.29) is 5.78 Å². The van der Waals surface area contributed by atoms with E-state index >= 15 is 0 Å². The minimum absolute atomic E-state index is 0.266. The third kappa shape index (κ3) is 3.81. The number of carbonyl (C=O) groups excluding carboxylic acids is 1. The van der Waals surface area contributed by atoms with Crippen molar-refractivity contribution < 1.29 is 9.90 Å². The predicted octanol–water partition coefficient (Wildman–Crippen LogP) is 3.56. The molecule has 0 amide bonds. The van der Waals surface area contributed by atoms with Crippen LogP contribution < -0.4 is 0 Å². The third-order valence-corrected chi connectivity index (χ3v) is 3.41. The molecule has 0 radical (unpaired) electrons. The maximum absolute atomic E-state index is 12.5. The molecular formula is C19H18O2. The Labute approximate surface area is 125 Å². The summed E-state index contributed by atoms with van der Waals surface area (Å²) in [6, 6.07) is 16.4. The van der Waals surface area contributed by atoms with E-state index in [0.29, 0.717) is 17.5 Å². The number of carbonyl (C=O) groups is 1. The van der Waals surface area contributed by atoms with Crippen LogP contribution in [0.25, 0.3) is 0 Å². The normalized spacial score (nSPS) is 11.6. The number of hydrogen-bond donors (Lipinski definition) is 1. The summed E-state index contributed by atoms with van der Waals surface area (Å²) in [5.74, 6) is 2.33. The van der Waals surface area contributed by atoms with Crippen molar-refractivity contribution in [3.63, 3.8) is 0 Å². The number of aryl methyl sites for hydroxylation is 1. The van der Waals surface area contributed by atoms with Crippen molar-refractivity contribution in [2.75, 3.05) is 0 Å². The molecule has 0 aliphatic rings. The van der Waals surface area contributed by atoms with Crippen LogP contribution in [-0.2, 0) is 6.42 Å². The third-order valence-electron chi connectivity index (χ3n) is 3.41. The fourth-order valence-electron chi connectivity index (χ4n) is 2.29. The van der Waals surface area contributed by atoms with E-state index in [1.54, 1.807) is 18.2 Å². The van der Waals surface area contributed by atoms with Gasteiger partial charge in [-0.1, -0.05) is 54.6 Å². The van der Waals surface area contributed by atoms with E-state index < -0.39 is 6.10 Å². The molecular weight excluding hydrogens is 260 g/mol. The summed E-state index contributed by atoms with van der Waals surface area (Å²) < 4.78 is 0. The Morgan fingerprint density at radius 2 is 1.76 bits per heavy atom. The summed E-state index contributed by atoms with van der Waals surface area (Å²) >= 11 is 0. The first-order valence-electron chi connectivity index (χ1n) is 7.02. The lowest BCUT2D eigenvalue weighted by Gasteiger charge is -2.13. The highest BCUT2D eigenvalue weighted by Gasteiger charge is 2.20. The van der Waals surface area contributed by atoms with Crippen molar-refractivity contribution in [3.8, 4) is 12.3 Å². The molecule has 0 fully saturated rings. The molecule has 106 valence electrons. The molecule has 21 heavy (non-hydrogen) atoms. The van der Waals surface area contributed by atoms with Gasteiger partial charge in [-0.05, 0) is 24.0 Å². The van der Waals surface area contributed by atoms with Crippen molar-refractivity contribution in [1.29, 1.82) is 0 Å². The zero-order valence-electron chi connectivity index (χ0n) is 11.8. The zero-order chi connectivity index (χ0) is 15.1. The SMILES string of the molecule is C#CCCCc1ccccc1C(=O)C(O)c1ccccc1. The molecule has 0 saturated heterocycles. The van der Waals surface area contributed by atoms with Crippen LogP contribution in [0, 0.1) is 12.3 Å². The number of benzene rings is 2. The van der Waals surface area contributed by atoms with Crippen LogP contribution in [0.2, 0.25) is 0 Å². The Morgan fingerprint density at radius 3 is 2.48 bits per heavy atom. The smallest absolute Gasteiger partial charge is 0.196 e. The molecule has 2 nitrogen and oxygen atoms in total. The fourth-order valence-corrected chi connectivity index (χ4v) is 2.29. The van der Waals surface area contributed by atoms with Gasteiger partial charge < -0.3 is 5.11 Å². The number of ketones is 1. The first-order valence-corrected chi connectivity index (χ1v) is 7.02. The maximum Gasteiger partial charge on any atom is 0.196 e. The van der Waals surface area contributed by atoms with Crippen LogP contribution in [-0.4, -0.2) is 10.9 Å². The van der Waals surface area contributed by atoms with Gasteiger partial charge in [-0.25, -0.2) is 0 Å². The largest absolute Gasteiger partial charge is 0.380 e. The molecule has 1 N–H and O–H groups in total. The highest BCUT2D eigenvalue weighted by Crippen LogP contribution is 2.21. The summed E-state index contributed by atoms with van der Waals surface area (Å²) in [4.78, 5) is 12.5. The molecule has 0 aliphatic carbocycles. The van der Waals surface area contributed by atoms with Crippen molar-refractivity contribution in [3.05, 3.63) is 71.3 Å². The van der Waals surface area contributed by atoms with E-state index in [4.69, 9.17) is 6.42 Å². The lowest BCUT2D eigenvalue weighted by molar-refractivity contribution is 0.0746. The lowest BCUT2D eigenvalue weighted by atomic mass is 9.94. The quantitative estimate of drug-likeness (QED) is 0.498. The Hall–Kier alpha value is -2.37. The second kappa shape index (κ2) is 7.42. The summed E-state index contributed by atoms with van der Waals surface area (Å²) in [6.45, 7) is 0. The van der Waals surface area contributed by atoms with Crippen LogP contribution in [0.1, 0.15) is 40.4 Å². The van der Waals surface area contributed by atoms with Crippen molar-refractivity contribution in [1.82, 2.24) is 0 Å². The minimum atomic E-state index is -1.13. The summed E-state index contributed by atoms with van der Waals surface area (Å²) in [5.41, 5.74) is 2.12. The topological polar surface area (TPSA) is 37.3 Å². The van der Waals surface area contributed by atoms with E-state index in [0.717, 1.165) is 18.4 Å². The lowest BCUT2D eigenvalue weighted by Crippen LogP contribution is -2.14. The number of rotatable bonds is 6. The molecule has 1 atom stereocenters. The number of terminal acetylenes is 1. The molecule has 0 aromatic heterocycles. The van der Waals surface area contributed by atoms with Crippen LogP contribution in [0.3, 0.4) is 0 Å². The summed E-state index contributed by atoms with van der Waals surface area (Å²) in [6.07, 6.45) is 6.40. The molecule has 2 rings (SSSR count). The van der Waals surface area contributed by atoms with Gasteiger partial charge in [0.1, 0.15) is 6.10 Å². The Kier molecular flexibility index (Phi) is 5.31. The van der Waals surface area contributed by atoms with Gasteiger partial charge in [0.2, 0.25) is 0 Å². The van der Waals surface area contributed by atoms with Crippen molar-refractivity contribution in [2.24, 2.45) is 0 Å². The van der Waals surface area contributed by atoms with Crippen LogP contribution in [0.5, 0.6) is 0 Å². The van der Waals surface area contributed by atoms with E-state index in [9.17, 15) is 9.90 Å². The maximum atomic E-state index is 12.5. The Morgan fingerprint density at radius 1 is 1.10 bits per heavy atom. The molecule has 2 aromatic carbocycles. The van der Waals surface area contributed by atoms with Gasteiger partial charge in [0.15, 0.2) is 5.78 Å². The Bertz CT molecular complexity index is 638. The number of aliphatic hydroxyl groups is 1. The number of aliphatic hydroxyl groups excluding tert-OH is 1. The van der Waals surface area contributed by atoms with Gasteiger partial charge in [-0.3, -0.25) is 4.79 Å². The highest BCUT2D eigenvalue weighted by molar-refractivity contribution is 6.01. The van der Waals surface area contributed by atoms with Crippen LogP contribution in [0.4, 0.5) is 0 Å². The van der Waals surface area contributed by atoms with Gasteiger partial charge in [0.05, 0.1) is 0 Å². The molecule has 2 heteroatoms. The predicted molar refractivity (Wildman–Crippen MR) is 83.9 cm³/mol.